The first-order chi connectivity index (χ1) is 9.47. The zero-order valence-corrected chi connectivity index (χ0v) is 13.2. The van der Waals surface area contributed by atoms with E-state index in [9.17, 15) is 13.0 Å². The Morgan fingerprint density at radius 3 is 2.35 bits per heavy atom. The molecule has 0 saturated carbocycles. The van der Waals surface area contributed by atoms with Crippen LogP contribution >= 0.6 is 0 Å². The van der Waals surface area contributed by atoms with E-state index >= 15 is 0 Å². The lowest BCUT2D eigenvalue weighted by Gasteiger charge is -2.41. The van der Waals surface area contributed by atoms with Gasteiger partial charge in [-0.2, -0.15) is 0 Å². The van der Waals surface area contributed by atoms with Gasteiger partial charge in [0, 0.05) is 19.3 Å². The van der Waals surface area contributed by atoms with E-state index in [2.05, 4.69) is 0 Å². The molecule has 1 heterocycles. The summed E-state index contributed by atoms with van der Waals surface area (Å²) < 4.78 is 43.5. The fourth-order valence-corrected chi connectivity index (χ4v) is 3.30. The van der Waals surface area contributed by atoms with Gasteiger partial charge in [-0.3, -0.25) is 0 Å². The van der Waals surface area contributed by atoms with Crippen molar-refractivity contribution in [3.05, 3.63) is 0 Å². The van der Waals surface area contributed by atoms with E-state index in [0.29, 0.717) is 26.2 Å². The minimum absolute atomic E-state index is 0.252. The maximum atomic E-state index is 10.7. The Hall–Kier alpha value is -0.210. The minimum atomic E-state index is -4.09. The van der Waals surface area contributed by atoms with Gasteiger partial charge in [0.15, 0.2) is 0 Å². The molecule has 0 radical (unpaired) electrons. The predicted octanol–water partition coefficient (Wildman–Crippen LogP) is 0.585. The number of ether oxygens (including phenoxy) is 2. The van der Waals surface area contributed by atoms with Crippen LogP contribution in [0.2, 0.25) is 0 Å². The molecule has 0 unspecified atom stereocenters. The Bertz CT molecular complexity index is 352. The van der Waals surface area contributed by atoms with E-state index in [1.807, 2.05) is 0 Å². The summed E-state index contributed by atoms with van der Waals surface area (Å²) in [6.07, 6.45) is 4.03. The van der Waals surface area contributed by atoms with Crippen molar-refractivity contribution in [2.24, 2.45) is 0 Å². The van der Waals surface area contributed by atoms with Crippen molar-refractivity contribution >= 4 is 10.1 Å². The summed E-state index contributed by atoms with van der Waals surface area (Å²) in [5.41, 5.74) is 0. The molecule has 0 aromatic rings. The summed E-state index contributed by atoms with van der Waals surface area (Å²) in [4.78, 5) is 0. The normalized spacial score (nSPS) is 19.1. The van der Waals surface area contributed by atoms with Gasteiger partial charge >= 0.3 is 0 Å². The number of rotatable bonds is 10. The molecular weight excluding hydrogens is 282 g/mol. The van der Waals surface area contributed by atoms with E-state index in [1.165, 1.54) is 19.3 Å². The summed E-state index contributed by atoms with van der Waals surface area (Å²) in [7, 11) is -2.45. The molecule has 0 atom stereocenters. The van der Waals surface area contributed by atoms with Crippen molar-refractivity contribution in [1.82, 2.24) is 0 Å². The second-order valence-corrected chi connectivity index (χ2v) is 7.04. The van der Waals surface area contributed by atoms with Gasteiger partial charge in [-0.1, -0.05) is 0 Å². The summed E-state index contributed by atoms with van der Waals surface area (Å²) in [6.45, 7) is 5.62. The van der Waals surface area contributed by atoms with Gasteiger partial charge in [-0.25, -0.2) is 8.42 Å². The summed E-state index contributed by atoms with van der Waals surface area (Å²) in [5, 5.41) is 0. The van der Waals surface area contributed by atoms with Crippen LogP contribution in [0.25, 0.3) is 0 Å². The van der Waals surface area contributed by atoms with E-state index in [4.69, 9.17) is 9.47 Å². The quantitative estimate of drug-likeness (QED) is 0.335. The Balaban J connectivity index is 2.36. The van der Waals surface area contributed by atoms with E-state index in [1.54, 1.807) is 7.11 Å². The van der Waals surface area contributed by atoms with Crippen LogP contribution in [0.4, 0.5) is 0 Å². The average Bonchev–Trinajstić information content (AvgIpc) is 2.38. The zero-order chi connectivity index (χ0) is 14.9. The summed E-state index contributed by atoms with van der Waals surface area (Å²) in [6, 6.07) is 0. The summed E-state index contributed by atoms with van der Waals surface area (Å²) in [5.74, 6) is -0.252. The lowest BCUT2D eigenvalue weighted by molar-refractivity contribution is -0.932. The Labute approximate surface area is 122 Å². The van der Waals surface area contributed by atoms with Gasteiger partial charge in [0.2, 0.25) is 0 Å². The third kappa shape index (κ3) is 7.54. The molecule has 0 amide bonds. The second kappa shape index (κ2) is 8.94. The van der Waals surface area contributed by atoms with Crippen LogP contribution in [0.15, 0.2) is 0 Å². The van der Waals surface area contributed by atoms with E-state index in [-0.39, 0.29) is 5.75 Å². The highest BCUT2D eigenvalue weighted by Gasteiger charge is 2.29. The molecule has 0 N–H and O–H groups in total. The van der Waals surface area contributed by atoms with Crippen molar-refractivity contribution in [3.63, 3.8) is 0 Å². The van der Waals surface area contributed by atoms with Crippen LogP contribution < -0.4 is 0 Å². The van der Waals surface area contributed by atoms with Gasteiger partial charge in [-0.05, 0) is 19.3 Å². The SMILES string of the molecule is COCCOCC[N+]1(CCCS(=O)(=O)[O-])CCCCC1. The van der Waals surface area contributed by atoms with Gasteiger partial charge in [0.1, 0.15) is 6.54 Å². The van der Waals surface area contributed by atoms with E-state index < -0.39 is 10.1 Å². The fraction of sp³-hybridized carbons (Fsp3) is 1.00. The highest BCUT2D eigenvalue weighted by atomic mass is 32.2. The molecule has 6 nitrogen and oxygen atoms in total. The highest BCUT2D eigenvalue weighted by Crippen LogP contribution is 2.19. The number of likely N-dealkylation sites (tertiary alicyclic amines) is 1. The minimum Gasteiger partial charge on any atom is -0.748 e. The van der Waals surface area contributed by atoms with Crippen LogP contribution in [-0.2, 0) is 19.6 Å². The van der Waals surface area contributed by atoms with Crippen molar-refractivity contribution in [1.29, 1.82) is 0 Å². The molecule has 0 aliphatic carbocycles. The first kappa shape index (κ1) is 17.8. The third-order valence-corrected chi connectivity index (χ3v) is 4.72. The number of nitrogens with zero attached hydrogens (tertiary/aromatic N) is 1. The molecule has 1 saturated heterocycles. The number of hydrogen-bond donors (Lipinski definition) is 0. The largest absolute Gasteiger partial charge is 0.748 e. The molecule has 20 heavy (non-hydrogen) atoms. The number of hydrogen-bond acceptors (Lipinski definition) is 5. The number of piperidine rings is 1. The molecule has 120 valence electrons. The maximum Gasteiger partial charge on any atom is 0.102 e. The van der Waals surface area contributed by atoms with Crippen molar-refractivity contribution in [3.8, 4) is 0 Å². The molecule has 1 rings (SSSR count). The molecule has 0 aromatic carbocycles. The molecule has 0 spiro atoms. The monoisotopic (exact) mass is 309 g/mol. The van der Waals surface area contributed by atoms with Gasteiger partial charge in [0.25, 0.3) is 0 Å². The lowest BCUT2D eigenvalue weighted by atomic mass is 10.1. The highest BCUT2D eigenvalue weighted by molar-refractivity contribution is 7.85. The third-order valence-electron chi connectivity index (χ3n) is 3.93. The fourth-order valence-electron chi connectivity index (χ4n) is 2.82. The topological polar surface area (TPSA) is 75.7 Å². The van der Waals surface area contributed by atoms with E-state index in [0.717, 1.165) is 30.7 Å². The summed E-state index contributed by atoms with van der Waals surface area (Å²) >= 11 is 0. The standard InChI is InChI=1S/C13H27NO5S/c1-18-11-12-19-10-9-14(6-3-2-4-7-14)8-5-13-20(15,16)17/h2-13H2,1H3. The van der Waals surface area contributed by atoms with Gasteiger partial charge in [-0.15, -0.1) is 0 Å². The molecule has 7 heteroatoms. The first-order valence-electron chi connectivity index (χ1n) is 7.33. The van der Waals surface area contributed by atoms with Crippen LogP contribution in [0.1, 0.15) is 25.7 Å². The Kier molecular flexibility index (Phi) is 7.98. The number of methoxy groups -OCH3 is 1. The Morgan fingerprint density at radius 2 is 1.75 bits per heavy atom. The van der Waals surface area contributed by atoms with Crippen molar-refractivity contribution < 1.29 is 26.9 Å². The smallest absolute Gasteiger partial charge is 0.102 e. The van der Waals surface area contributed by atoms with Crippen molar-refractivity contribution in [2.75, 3.05) is 58.9 Å². The first-order valence-corrected chi connectivity index (χ1v) is 8.91. The van der Waals surface area contributed by atoms with Crippen LogP contribution in [0.5, 0.6) is 0 Å². The van der Waals surface area contributed by atoms with Crippen LogP contribution in [0, 0.1) is 0 Å². The van der Waals surface area contributed by atoms with Crippen molar-refractivity contribution in [2.45, 2.75) is 25.7 Å². The zero-order valence-electron chi connectivity index (χ0n) is 12.4. The molecule has 1 aliphatic rings. The van der Waals surface area contributed by atoms with Crippen LogP contribution in [0.3, 0.4) is 0 Å². The lowest BCUT2D eigenvalue weighted by Crippen LogP contribution is -2.54. The molecule has 1 aliphatic heterocycles. The average molecular weight is 309 g/mol. The van der Waals surface area contributed by atoms with Gasteiger partial charge in [0.05, 0.1) is 49.6 Å². The molecular formula is C13H27NO5S. The molecule has 1 fully saturated rings. The molecule has 0 aromatic heterocycles. The second-order valence-electron chi connectivity index (χ2n) is 5.52. The van der Waals surface area contributed by atoms with Gasteiger partial charge < -0.3 is 18.5 Å². The number of quaternary nitrogens is 1. The molecule has 0 bridgehead atoms. The predicted molar refractivity (Wildman–Crippen MR) is 75.5 cm³/mol. The maximum absolute atomic E-state index is 10.7. The Morgan fingerprint density at radius 1 is 1.05 bits per heavy atom. The van der Waals surface area contributed by atoms with Crippen LogP contribution in [-0.4, -0.2) is 76.3 Å².